The van der Waals surface area contributed by atoms with Crippen molar-refractivity contribution >= 4 is 0 Å². The zero-order valence-electron chi connectivity index (χ0n) is 17.0. The van der Waals surface area contributed by atoms with Crippen LogP contribution in [0.3, 0.4) is 0 Å². The zero-order chi connectivity index (χ0) is 18.3. The summed E-state index contributed by atoms with van der Waals surface area (Å²) in [6.45, 7) is 0.764. The monoisotopic (exact) mass is 244 g/mol. The first-order valence-electron chi connectivity index (χ1n) is 9.07. The molecular formula is C18H22. The largest absolute Gasteiger partial charge is 0.0622 e. The molecule has 0 N–H and O–H groups in total. The Kier molecular flexibility index (Phi) is 1.83. The van der Waals surface area contributed by atoms with Crippen LogP contribution in [-0.2, 0) is 5.41 Å². The van der Waals surface area contributed by atoms with Crippen molar-refractivity contribution in [3.05, 3.63) is 59.2 Å². The molecule has 0 spiro atoms. The fourth-order valence-electron chi connectivity index (χ4n) is 2.25. The maximum atomic E-state index is 7.90. The Balaban J connectivity index is 2.90. The highest BCUT2D eigenvalue weighted by molar-refractivity contribution is 5.66. The lowest BCUT2D eigenvalue weighted by Crippen LogP contribution is -2.15. The summed E-state index contributed by atoms with van der Waals surface area (Å²) in [4.78, 5) is 0. The Hall–Kier alpha value is -1.56. The molecule has 0 amide bonds. The summed E-state index contributed by atoms with van der Waals surface area (Å²) in [7, 11) is 0. The van der Waals surface area contributed by atoms with Gasteiger partial charge in [0, 0.05) is 8.22 Å². The van der Waals surface area contributed by atoms with Crippen LogP contribution in [0.4, 0.5) is 0 Å². The van der Waals surface area contributed by atoms with Crippen molar-refractivity contribution in [2.45, 2.75) is 39.9 Å². The molecule has 0 aliphatic rings. The third-order valence-electron chi connectivity index (χ3n) is 3.00. The van der Waals surface area contributed by atoms with E-state index in [4.69, 9.17) is 8.22 Å². The van der Waals surface area contributed by atoms with E-state index in [0.717, 1.165) is 5.56 Å². The Labute approximate surface area is 119 Å². The summed E-state index contributed by atoms with van der Waals surface area (Å²) in [6.07, 6.45) is 0. The lowest BCUT2D eigenvalue weighted by Gasteiger charge is -2.25. The van der Waals surface area contributed by atoms with Crippen LogP contribution in [0.5, 0.6) is 0 Å². The molecule has 0 aromatic heterocycles. The van der Waals surface area contributed by atoms with E-state index < -0.39 is 19.1 Å². The second kappa shape index (κ2) is 4.61. The maximum Gasteiger partial charge on any atom is 0.0280 e. The molecule has 0 fully saturated rings. The van der Waals surface area contributed by atoms with Crippen LogP contribution in [0.1, 0.15) is 45.7 Å². The van der Waals surface area contributed by atoms with E-state index in [1.165, 1.54) is 0 Å². The van der Waals surface area contributed by atoms with Crippen molar-refractivity contribution < 1.29 is 8.22 Å². The van der Waals surface area contributed by atoms with Crippen molar-refractivity contribution in [2.75, 3.05) is 0 Å². The van der Waals surface area contributed by atoms with Crippen LogP contribution in [0.15, 0.2) is 42.5 Å². The highest BCUT2D eigenvalue weighted by Gasteiger charge is 2.19. The average molecular weight is 244 g/mol. The predicted molar refractivity (Wildman–Crippen MR) is 80.1 cm³/mol. The summed E-state index contributed by atoms with van der Waals surface area (Å²) >= 11 is 0. The van der Waals surface area contributed by atoms with E-state index >= 15 is 0 Å². The molecule has 2 aromatic carbocycles. The molecule has 0 bridgehead atoms. The van der Waals surface area contributed by atoms with Crippen LogP contribution >= 0.6 is 0 Å². The van der Waals surface area contributed by atoms with E-state index in [2.05, 4.69) is 0 Å². The van der Waals surface area contributed by atoms with E-state index in [9.17, 15) is 0 Å². The summed E-state index contributed by atoms with van der Waals surface area (Å²) in [5.74, 6) is 0. The second-order valence-electron chi connectivity index (χ2n) is 5.56. The molecule has 0 heteroatoms. The number of rotatable bonds is 1. The van der Waals surface area contributed by atoms with Crippen molar-refractivity contribution in [1.82, 2.24) is 0 Å². The molecule has 0 unspecified atom stereocenters. The standard InChI is InChI=1S/C18H22/c1-13-11-16(15-9-7-6-8-10-15)12-14(2)17(13)18(3,4)5/h6-12H,1-5H3/i1D3,2D3. The fourth-order valence-corrected chi connectivity index (χ4v) is 2.25. The molecule has 2 rings (SSSR count). The number of benzene rings is 2. The SMILES string of the molecule is [2H]C([2H])([2H])c1cc(-c2ccccc2)cc(C([2H])([2H])[2H])c1C(C)(C)C. The predicted octanol–water partition coefficient (Wildman–Crippen LogP) is 5.27. The van der Waals surface area contributed by atoms with E-state index in [1.807, 2.05) is 51.1 Å². The number of hydrogen-bond acceptors (Lipinski definition) is 0. The molecule has 0 saturated heterocycles. The first-order chi connectivity index (χ1) is 10.8. The lowest BCUT2D eigenvalue weighted by atomic mass is 9.80. The summed E-state index contributed by atoms with van der Waals surface area (Å²) < 4.78 is 47.4. The molecule has 94 valence electrons. The number of hydrogen-bond donors (Lipinski definition) is 0. The summed E-state index contributed by atoms with van der Waals surface area (Å²) in [5, 5.41) is 0. The minimum Gasteiger partial charge on any atom is -0.0622 e. The summed E-state index contributed by atoms with van der Waals surface area (Å²) in [6, 6.07) is 12.5. The average Bonchev–Trinajstić information content (AvgIpc) is 2.44. The summed E-state index contributed by atoms with van der Waals surface area (Å²) in [5.41, 5.74) is 1.44. The fraction of sp³-hybridized carbons (Fsp3) is 0.333. The lowest BCUT2D eigenvalue weighted by molar-refractivity contribution is 0.582. The molecule has 0 nitrogen and oxygen atoms in total. The van der Waals surface area contributed by atoms with Gasteiger partial charge in [0.15, 0.2) is 0 Å². The maximum absolute atomic E-state index is 7.90. The minimum absolute atomic E-state index is 0.113. The van der Waals surface area contributed by atoms with Crippen molar-refractivity contribution in [3.8, 4) is 11.1 Å². The molecule has 0 saturated carbocycles. The highest BCUT2D eigenvalue weighted by Crippen LogP contribution is 2.32. The Morgan fingerprint density at radius 3 is 1.83 bits per heavy atom. The van der Waals surface area contributed by atoms with Gasteiger partial charge >= 0.3 is 0 Å². The molecular weight excluding hydrogens is 216 g/mol. The second-order valence-corrected chi connectivity index (χ2v) is 5.56. The van der Waals surface area contributed by atoms with Gasteiger partial charge in [-0.15, -0.1) is 0 Å². The topological polar surface area (TPSA) is 0 Å². The molecule has 0 heterocycles. The van der Waals surface area contributed by atoms with Gasteiger partial charge in [-0.05, 0) is 46.9 Å². The van der Waals surface area contributed by atoms with E-state index in [1.54, 1.807) is 12.1 Å². The molecule has 18 heavy (non-hydrogen) atoms. The van der Waals surface area contributed by atoms with Gasteiger partial charge in [-0.3, -0.25) is 0 Å². The molecule has 0 aliphatic carbocycles. The van der Waals surface area contributed by atoms with Gasteiger partial charge in [0.25, 0.3) is 0 Å². The first kappa shape index (κ1) is 7.13. The molecule has 0 atom stereocenters. The van der Waals surface area contributed by atoms with Gasteiger partial charge in [-0.1, -0.05) is 63.2 Å². The highest BCUT2D eigenvalue weighted by atomic mass is 14.2. The third kappa shape index (κ3) is 2.48. The Morgan fingerprint density at radius 1 is 0.833 bits per heavy atom. The van der Waals surface area contributed by atoms with Crippen LogP contribution in [0, 0.1) is 13.7 Å². The van der Waals surface area contributed by atoms with Crippen molar-refractivity contribution in [3.63, 3.8) is 0 Å². The van der Waals surface area contributed by atoms with E-state index in [0.29, 0.717) is 11.1 Å². The van der Waals surface area contributed by atoms with Crippen LogP contribution in [-0.4, -0.2) is 0 Å². The zero-order valence-corrected chi connectivity index (χ0v) is 11.0. The molecule has 2 aromatic rings. The van der Waals surface area contributed by atoms with Gasteiger partial charge in [0.05, 0.1) is 0 Å². The smallest absolute Gasteiger partial charge is 0.0280 e. The molecule has 0 aliphatic heterocycles. The molecule has 0 radical (unpaired) electrons. The Bertz CT molecular complexity index is 683. The minimum atomic E-state index is -2.38. The van der Waals surface area contributed by atoms with Crippen molar-refractivity contribution in [1.29, 1.82) is 0 Å². The van der Waals surface area contributed by atoms with Gasteiger partial charge in [-0.2, -0.15) is 0 Å². The van der Waals surface area contributed by atoms with Crippen LogP contribution in [0.2, 0.25) is 0 Å². The van der Waals surface area contributed by atoms with Crippen LogP contribution < -0.4 is 0 Å². The van der Waals surface area contributed by atoms with Gasteiger partial charge in [0.2, 0.25) is 0 Å². The van der Waals surface area contributed by atoms with Gasteiger partial charge < -0.3 is 0 Å². The Morgan fingerprint density at radius 2 is 1.39 bits per heavy atom. The van der Waals surface area contributed by atoms with Crippen molar-refractivity contribution in [2.24, 2.45) is 0 Å². The normalized spacial score (nSPS) is 17.9. The third-order valence-corrected chi connectivity index (χ3v) is 3.00. The van der Waals surface area contributed by atoms with Crippen LogP contribution in [0.25, 0.3) is 11.1 Å². The first-order valence-corrected chi connectivity index (χ1v) is 6.07. The van der Waals surface area contributed by atoms with Gasteiger partial charge in [0.1, 0.15) is 0 Å². The van der Waals surface area contributed by atoms with E-state index in [-0.39, 0.29) is 11.1 Å². The number of aryl methyl sites for hydroxylation is 2. The van der Waals surface area contributed by atoms with Gasteiger partial charge in [-0.25, -0.2) is 0 Å². The quantitative estimate of drug-likeness (QED) is 0.641.